The number of methoxy groups -OCH3 is 1. The number of rotatable bonds is 7. The van der Waals surface area contributed by atoms with Crippen molar-refractivity contribution in [3.8, 4) is 5.75 Å². The van der Waals surface area contributed by atoms with E-state index < -0.39 is 0 Å². The van der Waals surface area contributed by atoms with E-state index in [0.717, 1.165) is 35.4 Å². The monoisotopic (exact) mass is 382 g/mol. The molecule has 5 nitrogen and oxygen atoms in total. The lowest BCUT2D eigenvalue weighted by Gasteiger charge is -2.20. The molecule has 0 amide bonds. The molecule has 3 N–H and O–H groups in total. The van der Waals surface area contributed by atoms with Crippen molar-refractivity contribution < 1.29 is 19.4 Å². The van der Waals surface area contributed by atoms with E-state index in [1.165, 1.54) is 16.0 Å². The Balaban J connectivity index is 1.78. The maximum atomic E-state index is 12.0. The molecule has 3 aromatic rings. The molecule has 0 aliphatic heterocycles. The van der Waals surface area contributed by atoms with Gasteiger partial charge in [-0.3, -0.25) is 0 Å². The highest BCUT2D eigenvalue weighted by atomic mass is 16.5. The molecular formula is C23H30N2O3+2. The molecule has 28 heavy (non-hydrogen) atoms. The van der Waals surface area contributed by atoms with Gasteiger partial charge in [-0.1, -0.05) is 0 Å². The Morgan fingerprint density at radius 2 is 1.75 bits per heavy atom. The molecule has 2 aromatic carbocycles. The predicted molar refractivity (Wildman–Crippen MR) is 111 cm³/mol. The van der Waals surface area contributed by atoms with Crippen molar-refractivity contribution in [3.63, 3.8) is 0 Å². The number of nitrogens with two attached hydrogens (primary N) is 1. The van der Waals surface area contributed by atoms with Gasteiger partial charge in [-0.2, -0.15) is 0 Å². The molecule has 0 unspecified atom stereocenters. The Morgan fingerprint density at radius 1 is 1.07 bits per heavy atom. The zero-order valence-corrected chi connectivity index (χ0v) is 17.3. The molecular weight excluding hydrogens is 352 g/mol. The first-order valence-corrected chi connectivity index (χ1v) is 9.68. The van der Waals surface area contributed by atoms with Crippen LogP contribution in [0.2, 0.25) is 0 Å². The fourth-order valence-electron chi connectivity index (χ4n) is 3.60. The van der Waals surface area contributed by atoms with Crippen molar-refractivity contribution in [3.05, 3.63) is 75.1 Å². The first-order valence-electron chi connectivity index (χ1n) is 9.68. The van der Waals surface area contributed by atoms with Gasteiger partial charge in [0.25, 0.3) is 0 Å². The van der Waals surface area contributed by atoms with Crippen LogP contribution in [0.4, 0.5) is 0 Å². The number of nitrogens with one attached hydrogen (secondary N) is 1. The summed E-state index contributed by atoms with van der Waals surface area (Å²) in [4.78, 5) is 13.4. The summed E-state index contributed by atoms with van der Waals surface area (Å²) in [6, 6.07) is 14.3. The number of aryl methyl sites for hydroxylation is 2. The normalized spacial score (nSPS) is 12.5. The fourth-order valence-corrected chi connectivity index (χ4v) is 3.60. The van der Waals surface area contributed by atoms with Crippen molar-refractivity contribution in [1.29, 1.82) is 0 Å². The number of hydrogen-bond donors (Lipinski definition) is 2. The van der Waals surface area contributed by atoms with Crippen molar-refractivity contribution in [2.75, 3.05) is 27.7 Å². The molecule has 1 aromatic heterocycles. The van der Waals surface area contributed by atoms with E-state index in [9.17, 15) is 4.79 Å². The topological polar surface area (TPSA) is 60.5 Å². The highest BCUT2D eigenvalue weighted by Gasteiger charge is 2.20. The number of benzene rings is 2. The van der Waals surface area contributed by atoms with Gasteiger partial charge in [0.1, 0.15) is 24.4 Å². The van der Waals surface area contributed by atoms with Gasteiger partial charge < -0.3 is 19.4 Å². The summed E-state index contributed by atoms with van der Waals surface area (Å²) in [7, 11) is 6.02. The quantitative estimate of drug-likeness (QED) is 0.607. The number of likely N-dealkylation sites (N-methyl/N-ethyl adjacent to an activating group) is 1. The van der Waals surface area contributed by atoms with Crippen molar-refractivity contribution >= 4 is 11.0 Å². The first-order chi connectivity index (χ1) is 13.4. The van der Waals surface area contributed by atoms with Gasteiger partial charge in [-0.25, -0.2) is 4.79 Å². The minimum absolute atomic E-state index is 0.288. The van der Waals surface area contributed by atoms with E-state index in [1.54, 1.807) is 13.2 Å². The Bertz CT molecular complexity index is 1010. The van der Waals surface area contributed by atoms with Crippen LogP contribution in [0.25, 0.3) is 11.0 Å². The second-order valence-corrected chi connectivity index (χ2v) is 7.65. The zero-order valence-electron chi connectivity index (χ0n) is 17.3. The summed E-state index contributed by atoms with van der Waals surface area (Å²) >= 11 is 0. The van der Waals surface area contributed by atoms with Crippen LogP contribution in [-0.2, 0) is 6.54 Å². The Hall–Kier alpha value is -2.63. The second kappa shape index (κ2) is 8.59. The summed E-state index contributed by atoms with van der Waals surface area (Å²) < 4.78 is 10.7. The maximum absolute atomic E-state index is 12.0. The van der Waals surface area contributed by atoms with Gasteiger partial charge in [0.15, 0.2) is 6.04 Å². The molecule has 0 radical (unpaired) electrons. The molecule has 5 heteroatoms. The van der Waals surface area contributed by atoms with Gasteiger partial charge in [-0.05, 0) is 61.4 Å². The van der Waals surface area contributed by atoms with Gasteiger partial charge in [0.05, 0.1) is 21.2 Å². The average molecular weight is 383 g/mol. The van der Waals surface area contributed by atoms with Crippen LogP contribution in [0.15, 0.2) is 51.7 Å². The van der Waals surface area contributed by atoms with Crippen molar-refractivity contribution in [2.24, 2.45) is 0 Å². The first kappa shape index (κ1) is 20.1. The number of fused-ring (bicyclic) bond motifs is 1. The standard InChI is InChI=1S/C23H28N2O3/c1-15-10-20-18(12-23(26)28-22(20)11-16(15)2)13-24-14-21(25(3)4)17-6-8-19(27-5)9-7-17/h6-12,21,24H,13-14H2,1-5H3/p+2/t21-/m0/s1. The molecule has 0 bridgehead atoms. The van der Waals surface area contributed by atoms with Gasteiger partial charge in [-0.15, -0.1) is 0 Å². The lowest BCUT2D eigenvalue weighted by Crippen LogP contribution is -3.09. The number of hydrogen-bond acceptors (Lipinski definition) is 3. The van der Waals surface area contributed by atoms with E-state index in [2.05, 4.69) is 44.5 Å². The lowest BCUT2D eigenvalue weighted by atomic mass is 10.0. The molecule has 3 rings (SSSR count). The highest BCUT2D eigenvalue weighted by molar-refractivity contribution is 5.81. The molecule has 0 saturated heterocycles. The van der Waals surface area contributed by atoms with Crippen LogP contribution >= 0.6 is 0 Å². The van der Waals surface area contributed by atoms with E-state index in [-0.39, 0.29) is 5.63 Å². The third kappa shape index (κ3) is 4.43. The summed E-state index contributed by atoms with van der Waals surface area (Å²) in [6.45, 7) is 5.78. The summed E-state index contributed by atoms with van der Waals surface area (Å²) in [5.74, 6) is 0.869. The largest absolute Gasteiger partial charge is 0.497 e. The summed E-state index contributed by atoms with van der Waals surface area (Å²) in [5, 5.41) is 3.29. The van der Waals surface area contributed by atoms with Crippen LogP contribution in [0.1, 0.15) is 28.3 Å². The molecule has 148 valence electrons. The Labute approximate surface area is 165 Å². The molecule has 0 fully saturated rings. The third-order valence-corrected chi connectivity index (χ3v) is 5.43. The third-order valence-electron chi connectivity index (χ3n) is 5.43. The minimum atomic E-state index is -0.288. The molecule has 1 atom stereocenters. The summed E-state index contributed by atoms with van der Waals surface area (Å²) in [5.41, 5.74) is 5.02. The Morgan fingerprint density at radius 3 is 2.39 bits per heavy atom. The molecule has 1 heterocycles. The molecule has 0 spiro atoms. The molecule has 0 saturated carbocycles. The fraction of sp³-hybridized carbons (Fsp3) is 0.348. The van der Waals surface area contributed by atoms with E-state index in [4.69, 9.17) is 9.15 Å². The van der Waals surface area contributed by atoms with Crippen molar-refractivity contribution in [1.82, 2.24) is 0 Å². The van der Waals surface area contributed by atoms with Gasteiger partial charge in [0, 0.05) is 22.6 Å². The number of ether oxygens (including phenoxy) is 1. The van der Waals surface area contributed by atoms with Crippen LogP contribution in [-0.4, -0.2) is 27.7 Å². The zero-order chi connectivity index (χ0) is 20.3. The smallest absolute Gasteiger partial charge is 0.336 e. The average Bonchev–Trinajstić information content (AvgIpc) is 2.66. The molecule has 0 aliphatic carbocycles. The SMILES string of the molecule is COc1ccc([C@H](C[NH2+]Cc2cc(=O)oc3cc(C)c(C)cc23)[NH+](C)C)cc1. The van der Waals surface area contributed by atoms with Crippen LogP contribution in [0.3, 0.4) is 0 Å². The van der Waals surface area contributed by atoms with Gasteiger partial charge >= 0.3 is 5.63 Å². The van der Waals surface area contributed by atoms with Crippen LogP contribution in [0, 0.1) is 13.8 Å². The summed E-state index contributed by atoms with van der Waals surface area (Å²) in [6.07, 6.45) is 0. The Kier molecular flexibility index (Phi) is 6.17. The van der Waals surface area contributed by atoms with Gasteiger partial charge in [0.2, 0.25) is 0 Å². The second-order valence-electron chi connectivity index (χ2n) is 7.65. The van der Waals surface area contributed by atoms with E-state index >= 15 is 0 Å². The lowest BCUT2D eigenvalue weighted by molar-refractivity contribution is -0.910. The highest BCUT2D eigenvalue weighted by Crippen LogP contribution is 2.21. The van der Waals surface area contributed by atoms with E-state index in [0.29, 0.717) is 11.6 Å². The van der Waals surface area contributed by atoms with Crippen molar-refractivity contribution in [2.45, 2.75) is 26.4 Å². The van der Waals surface area contributed by atoms with Crippen LogP contribution < -0.4 is 20.6 Å². The minimum Gasteiger partial charge on any atom is -0.497 e. The predicted octanol–water partition coefficient (Wildman–Crippen LogP) is 1.37. The number of quaternary nitrogens is 2. The maximum Gasteiger partial charge on any atom is 0.336 e. The molecule has 0 aliphatic rings. The van der Waals surface area contributed by atoms with Crippen LogP contribution in [0.5, 0.6) is 5.75 Å². The van der Waals surface area contributed by atoms with E-state index in [1.807, 2.05) is 25.1 Å².